The monoisotopic (exact) mass is 310 g/mol. The Balaban J connectivity index is 1.78. The lowest BCUT2D eigenvalue weighted by molar-refractivity contribution is -0.138. The smallest absolute Gasteiger partial charge is 0.229 e. The first-order chi connectivity index (χ1) is 10.3. The summed E-state index contributed by atoms with van der Waals surface area (Å²) in [6, 6.07) is -1.47. The van der Waals surface area contributed by atoms with Gasteiger partial charge in [0, 0.05) is 38.0 Å². The number of nitrogens with zero attached hydrogens (tertiary/aromatic N) is 1. The molecule has 0 radical (unpaired) electrons. The van der Waals surface area contributed by atoms with Crippen LogP contribution in [0.2, 0.25) is 0 Å². The summed E-state index contributed by atoms with van der Waals surface area (Å²) in [6.07, 6.45) is -0.419. The Kier molecular flexibility index (Phi) is 3.60. The van der Waals surface area contributed by atoms with Crippen molar-refractivity contribution in [3.63, 3.8) is 0 Å². The molecular formula is C13H22N6O3. The summed E-state index contributed by atoms with van der Waals surface area (Å²) in [6.45, 7) is 4.33. The van der Waals surface area contributed by atoms with E-state index >= 15 is 0 Å². The molecule has 8 N–H and O–H groups in total. The van der Waals surface area contributed by atoms with Crippen LogP contribution in [0.15, 0.2) is 12.4 Å². The van der Waals surface area contributed by atoms with Gasteiger partial charge in [-0.2, -0.15) is 0 Å². The molecule has 1 spiro atoms. The molecule has 0 aliphatic carbocycles. The van der Waals surface area contributed by atoms with Gasteiger partial charge < -0.3 is 27.2 Å². The van der Waals surface area contributed by atoms with E-state index in [1.165, 1.54) is 4.90 Å². The number of nitrogens with one attached hydrogen (secondary N) is 3. The first-order valence-corrected chi connectivity index (χ1v) is 7.36. The molecule has 3 heterocycles. The van der Waals surface area contributed by atoms with Gasteiger partial charge in [-0.3, -0.25) is 19.8 Å². The summed E-state index contributed by atoms with van der Waals surface area (Å²) in [5, 5.41) is 19.7. The van der Waals surface area contributed by atoms with Crippen molar-refractivity contribution in [1.29, 1.82) is 0 Å². The number of imide groups is 1. The molecule has 0 bridgehead atoms. The van der Waals surface area contributed by atoms with Crippen LogP contribution in [0.5, 0.6) is 0 Å². The molecule has 22 heavy (non-hydrogen) atoms. The predicted molar refractivity (Wildman–Crippen MR) is 77.8 cm³/mol. The normalized spacial score (nSPS) is 39.5. The van der Waals surface area contributed by atoms with Crippen LogP contribution in [0.3, 0.4) is 0 Å². The summed E-state index contributed by atoms with van der Waals surface area (Å²) in [4.78, 5) is 24.7. The lowest BCUT2D eigenvalue weighted by atomic mass is 9.90. The molecule has 5 atom stereocenters. The van der Waals surface area contributed by atoms with Crippen LogP contribution < -0.4 is 27.4 Å². The number of rotatable bonds is 3. The second kappa shape index (κ2) is 5.20. The van der Waals surface area contributed by atoms with Crippen LogP contribution in [0, 0.1) is 0 Å². The highest BCUT2D eigenvalue weighted by atomic mass is 16.3. The summed E-state index contributed by atoms with van der Waals surface area (Å²) in [5.41, 5.74) is 11.2. The number of hydrogen-bond donors (Lipinski definition) is 6. The highest BCUT2D eigenvalue weighted by Gasteiger charge is 2.57. The van der Waals surface area contributed by atoms with Crippen LogP contribution >= 0.6 is 0 Å². The molecule has 3 saturated heterocycles. The Morgan fingerprint density at radius 2 is 2.05 bits per heavy atom. The lowest BCUT2D eigenvalue weighted by Crippen LogP contribution is -2.69. The summed E-state index contributed by atoms with van der Waals surface area (Å²) in [7, 11) is 0. The van der Waals surface area contributed by atoms with E-state index in [4.69, 9.17) is 11.5 Å². The number of nitrogens with two attached hydrogens (primary N) is 2. The van der Waals surface area contributed by atoms with Gasteiger partial charge in [0.15, 0.2) is 0 Å². The number of aliphatic hydroxyl groups is 1. The van der Waals surface area contributed by atoms with E-state index in [9.17, 15) is 14.7 Å². The first-order valence-electron chi connectivity index (χ1n) is 7.36. The minimum Gasteiger partial charge on any atom is -0.387 e. The quantitative estimate of drug-likeness (QED) is 0.294. The van der Waals surface area contributed by atoms with Crippen LogP contribution in [0.1, 0.15) is 12.8 Å². The van der Waals surface area contributed by atoms with E-state index in [2.05, 4.69) is 22.5 Å². The van der Waals surface area contributed by atoms with Crippen molar-refractivity contribution in [2.24, 2.45) is 11.5 Å². The first kappa shape index (κ1) is 15.2. The van der Waals surface area contributed by atoms with Gasteiger partial charge in [0.05, 0.1) is 11.9 Å². The minimum atomic E-state index is -0.943. The van der Waals surface area contributed by atoms with E-state index in [1.807, 2.05) is 0 Å². The second-order valence-electron chi connectivity index (χ2n) is 6.15. The molecular weight excluding hydrogens is 288 g/mol. The summed E-state index contributed by atoms with van der Waals surface area (Å²) in [5.74, 6) is 0.0898. The van der Waals surface area contributed by atoms with Crippen LogP contribution in [-0.2, 0) is 9.59 Å². The largest absolute Gasteiger partial charge is 0.387 e. The zero-order chi connectivity index (χ0) is 16.1. The Morgan fingerprint density at radius 1 is 1.41 bits per heavy atom. The second-order valence-corrected chi connectivity index (χ2v) is 6.15. The number of aliphatic hydroxyl groups excluding tert-OH is 1. The SMILES string of the molecule is C=C1NC([C@@H](N)CN2C(=O)CCC2=O)C2(NC[C@H](N)[C@H]2O)N1. The summed E-state index contributed by atoms with van der Waals surface area (Å²) >= 11 is 0. The maximum absolute atomic E-state index is 11.7. The minimum absolute atomic E-state index is 0.0929. The number of carbonyl (C=O) groups excluding carboxylic acids is 2. The van der Waals surface area contributed by atoms with Gasteiger partial charge in [0.1, 0.15) is 11.8 Å². The molecule has 9 nitrogen and oxygen atoms in total. The molecule has 0 aromatic heterocycles. The van der Waals surface area contributed by atoms with Gasteiger partial charge in [0.2, 0.25) is 11.8 Å². The number of amides is 2. The highest BCUT2D eigenvalue weighted by Crippen LogP contribution is 2.28. The molecule has 9 heteroatoms. The van der Waals surface area contributed by atoms with Gasteiger partial charge >= 0.3 is 0 Å². The van der Waals surface area contributed by atoms with Crippen molar-refractivity contribution < 1.29 is 14.7 Å². The fourth-order valence-electron chi connectivity index (χ4n) is 3.51. The Morgan fingerprint density at radius 3 is 2.59 bits per heavy atom. The molecule has 3 aliphatic heterocycles. The van der Waals surface area contributed by atoms with Crippen LogP contribution in [0.4, 0.5) is 0 Å². The van der Waals surface area contributed by atoms with Gasteiger partial charge in [0.25, 0.3) is 0 Å². The number of likely N-dealkylation sites (tertiary alicyclic amines) is 1. The fraction of sp³-hybridized carbons (Fsp3) is 0.692. The van der Waals surface area contributed by atoms with Gasteiger partial charge in [-0.05, 0) is 0 Å². The van der Waals surface area contributed by atoms with Crippen LogP contribution in [0.25, 0.3) is 0 Å². The molecule has 122 valence electrons. The fourth-order valence-corrected chi connectivity index (χ4v) is 3.51. The van der Waals surface area contributed by atoms with Gasteiger partial charge in [-0.25, -0.2) is 0 Å². The van der Waals surface area contributed by atoms with E-state index < -0.39 is 29.9 Å². The third kappa shape index (κ3) is 2.17. The Bertz CT molecular complexity index is 510. The molecule has 0 aromatic rings. The maximum Gasteiger partial charge on any atom is 0.229 e. The van der Waals surface area contributed by atoms with Crippen molar-refractivity contribution in [3.05, 3.63) is 12.4 Å². The highest BCUT2D eigenvalue weighted by molar-refractivity contribution is 6.01. The average molecular weight is 310 g/mol. The predicted octanol–water partition coefficient (Wildman–Crippen LogP) is -3.52. The Labute approximate surface area is 128 Å². The molecule has 3 rings (SSSR count). The van der Waals surface area contributed by atoms with E-state index in [0.717, 1.165) is 0 Å². The van der Waals surface area contributed by atoms with Gasteiger partial charge in [-0.15, -0.1) is 0 Å². The summed E-state index contributed by atoms with van der Waals surface area (Å²) < 4.78 is 0. The van der Waals surface area contributed by atoms with E-state index in [-0.39, 0.29) is 31.2 Å². The van der Waals surface area contributed by atoms with Crippen molar-refractivity contribution in [3.8, 4) is 0 Å². The molecule has 0 aromatic carbocycles. The zero-order valence-corrected chi connectivity index (χ0v) is 12.2. The maximum atomic E-state index is 11.7. The Hall–Kier alpha value is -1.68. The molecule has 0 saturated carbocycles. The molecule has 3 aliphatic rings. The topological polar surface area (TPSA) is 146 Å². The van der Waals surface area contributed by atoms with E-state index in [1.54, 1.807) is 0 Å². The van der Waals surface area contributed by atoms with Gasteiger partial charge in [-0.1, -0.05) is 6.58 Å². The number of carbonyl (C=O) groups is 2. The zero-order valence-electron chi connectivity index (χ0n) is 12.2. The number of hydrogen-bond acceptors (Lipinski definition) is 8. The van der Waals surface area contributed by atoms with Crippen LogP contribution in [-0.4, -0.2) is 64.8 Å². The lowest BCUT2D eigenvalue weighted by Gasteiger charge is -2.38. The average Bonchev–Trinajstić information content (AvgIpc) is 3.07. The van der Waals surface area contributed by atoms with Crippen molar-refractivity contribution in [1.82, 2.24) is 20.9 Å². The molecule has 2 amide bonds. The standard InChI is InChI=1S/C13H22N6O3/c1-6-17-11(13(18-6)12(22)7(14)4-16-13)8(15)5-19-9(20)2-3-10(19)21/h7-8,11-12,16-18,22H,1-5,14-15H2/t7-,8-,11?,12+,13?/m0/s1. The third-order valence-corrected chi connectivity index (χ3v) is 4.66. The third-order valence-electron chi connectivity index (χ3n) is 4.66. The van der Waals surface area contributed by atoms with Crippen molar-refractivity contribution in [2.75, 3.05) is 13.1 Å². The van der Waals surface area contributed by atoms with Crippen molar-refractivity contribution >= 4 is 11.8 Å². The van der Waals surface area contributed by atoms with E-state index in [0.29, 0.717) is 12.4 Å². The van der Waals surface area contributed by atoms with Crippen molar-refractivity contribution in [2.45, 2.75) is 42.7 Å². The molecule has 2 unspecified atom stereocenters. The molecule has 3 fully saturated rings.